The molecule has 0 spiro atoms. The highest BCUT2D eigenvalue weighted by Crippen LogP contribution is 2.16. The second kappa shape index (κ2) is 6.46. The van der Waals surface area contributed by atoms with Gasteiger partial charge in [-0.3, -0.25) is 0 Å². The van der Waals surface area contributed by atoms with Gasteiger partial charge in [0.25, 0.3) is 0 Å². The molecule has 1 saturated heterocycles. The highest BCUT2D eigenvalue weighted by molar-refractivity contribution is 4.77. The van der Waals surface area contributed by atoms with Crippen molar-refractivity contribution in [2.45, 2.75) is 45.8 Å². The van der Waals surface area contributed by atoms with Crippen LogP contribution in [-0.2, 0) is 0 Å². The number of hydrogen-bond donors (Lipinski definition) is 2. The first-order valence-corrected chi connectivity index (χ1v) is 6.23. The van der Waals surface area contributed by atoms with Gasteiger partial charge in [0, 0.05) is 19.1 Å². The van der Waals surface area contributed by atoms with Crippen LogP contribution in [0.4, 0.5) is 0 Å². The Hall–Kier alpha value is -0.120. The normalized spacial score (nSPS) is 28.6. The Balaban J connectivity index is 2.07. The molecule has 0 radical (unpaired) electrons. The number of aliphatic hydroxyl groups excluding tert-OH is 1. The number of piperidine rings is 1. The summed E-state index contributed by atoms with van der Waals surface area (Å²) < 4.78 is 0. The van der Waals surface area contributed by atoms with Crippen LogP contribution >= 0.6 is 0 Å². The minimum atomic E-state index is -0.0740. The largest absolute Gasteiger partial charge is 0.393 e. The van der Waals surface area contributed by atoms with E-state index in [0.29, 0.717) is 12.0 Å². The lowest BCUT2D eigenvalue weighted by atomic mass is 9.97. The summed E-state index contributed by atoms with van der Waals surface area (Å²) in [5, 5.41) is 13.0. The monoisotopic (exact) mass is 214 g/mol. The van der Waals surface area contributed by atoms with Gasteiger partial charge in [0.05, 0.1) is 6.10 Å². The Labute approximate surface area is 93.9 Å². The lowest BCUT2D eigenvalue weighted by Gasteiger charge is -2.34. The van der Waals surface area contributed by atoms with Gasteiger partial charge in [0.2, 0.25) is 0 Å². The van der Waals surface area contributed by atoms with Crippen LogP contribution in [0.15, 0.2) is 0 Å². The third-order valence-electron chi connectivity index (χ3n) is 3.15. The smallest absolute Gasteiger partial charge is 0.0590 e. The standard InChI is InChI=1S/C12H26N2O/c1-10(2)13-6-4-7-14-8-5-12(15)11(3)9-14/h10-13,15H,4-9H2,1-3H3. The second-order valence-electron chi connectivity index (χ2n) is 5.10. The van der Waals surface area contributed by atoms with Gasteiger partial charge in [0.1, 0.15) is 0 Å². The van der Waals surface area contributed by atoms with E-state index in [4.69, 9.17) is 0 Å². The van der Waals surface area contributed by atoms with Crippen LogP contribution in [0.25, 0.3) is 0 Å². The SMILES string of the molecule is CC(C)NCCCN1CCC(O)C(C)C1. The molecule has 1 heterocycles. The van der Waals surface area contributed by atoms with Gasteiger partial charge < -0.3 is 15.3 Å². The van der Waals surface area contributed by atoms with Gasteiger partial charge in [-0.1, -0.05) is 20.8 Å². The van der Waals surface area contributed by atoms with Crippen molar-refractivity contribution >= 4 is 0 Å². The van der Waals surface area contributed by atoms with Crippen LogP contribution < -0.4 is 5.32 Å². The second-order valence-corrected chi connectivity index (χ2v) is 5.10. The predicted molar refractivity (Wildman–Crippen MR) is 64.0 cm³/mol. The summed E-state index contributed by atoms with van der Waals surface area (Å²) in [4.78, 5) is 2.47. The summed E-state index contributed by atoms with van der Waals surface area (Å²) in [6.45, 7) is 10.9. The van der Waals surface area contributed by atoms with Crippen molar-refractivity contribution in [3.8, 4) is 0 Å². The number of nitrogens with one attached hydrogen (secondary N) is 1. The molecular formula is C12H26N2O. The van der Waals surface area contributed by atoms with E-state index in [1.54, 1.807) is 0 Å². The maximum Gasteiger partial charge on any atom is 0.0590 e. The average molecular weight is 214 g/mol. The van der Waals surface area contributed by atoms with Crippen molar-refractivity contribution in [3.05, 3.63) is 0 Å². The Bertz CT molecular complexity index is 173. The van der Waals surface area contributed by atoms with Crippen molar-refractivity contribution in [1.82, 2.24) is 10.2 Å². The first-order valence-electron chi connectivity index (χ1n) is 6.23. The fourth-order valence-electron chi connectivity index (χ4n) is 2.12. The molecular weight excluding hydrogens is 188 g/mol. The molecule has 90 valence electrons. The van der Waals surface area contributed by atoms with Crippen molar-refractivity contribution in [1.29, 1.82) is 0 Å². The van der Waals surface area contributed by atoms with E-state index in [0.717, 1.165) is 32.6 Å². The molecule has 0 aromatic heterocycles. The highest BCUT2D eigenvalue weighted by atomic mass is 16.3. The van der Waals surface area contributed by atoms with E-state index < -0.39 is 0 Å². The van der Waals surface area contributed by atoms with E-state index >= 15 is 0 Å². The van der Waals surface area contributed by atoms with Gasteiger partial charge in [-0.25, -0.2) is 0 Å². The molecule has 2 unspecified atom stereocenters. The predicted octanol–water partition coefficient (Wildman–Crippen LogP) is 1.08. The van der Waals surface area contributed by atoms with Crippen molar-refractivity contribution in [3.63, 3.8) is 0 Å². The van der Waals surface area contributed by atoms with Crippen molar-refractivity contribution in [2.75, 3.05) is 26.2 Å². The van der Waals surface area contributed by atoms with Gasteiger partial charge in [-0.15, -0.1) is 0 Å². The van der Waals surface area contributed by atoms with E-state index in [1.807, 2.05) is 0 Å². The molecule has 3 nitrogen and oxygen atoms in total. The number of aliphatic hydroxyl groups is 1. The zero-order chi connectivity index (χ0) is 11.3. The molecule has 2 atom stereocenters. The van der Waals surface area contributed by atoms with Crippen molar-refractivity contribution in [2.24, 2.45) is 5.92 Å². The third kappa shape index (κ3) is 4.96. The topological polar surface area (TPSA) is 35.5 Å². The minimum Gasteiger partial charge on any atom is -0.393 e. The quantitative estimate of drug-likeness (QED) is 0.672. The molecule has 0 aromatic rings. The zero-order valence-electron chi connectivity index (χ0n) is 10.4. The molecule has 0 saturated carbocycles. The van der Waals surface area contributed by atoms with E-state index in [1.165, 1.54) is 6.42 Å². The summed E-state index contributed by atoms with van der Waals surface area (Å²) in [6, 6.07) is 0.590. The molecule has 3 heteroatoms. The zero-order valence-corrected chi connectivity index (χ0v) is 10.4. The molecule has 1 aliphatic rings. The minimum absolute atomic E-state index is 0.0740. The van der Waals surface area contributed by atoms with Gasteiger partial charge in [-0.05, 0) is 31.8 Å². The molecule has 0 aromatic carbocycles. The molecule has 2 N–H and O–H groups in total. The molecule has 0 bridgehead atoms. The van der Waals surface area contributed by atoms with Gasteiger partial charge in [-0.2, -0.15) is 0 Å². The fraction of sp³-hybridized carbons (Fsp3) is 1.00. The van der Waals surface area contributed by atoms with Crippen LogP contribution in [0, 0.1) is 5.92 Å². The number of nitrogens with zero attached hydrogens (tertiary/aromatic N) is 1. The lowest BCUT2D eigenvalue weighted by Crippen LogP contribution is -2.42. The summed E-state index contributed by atoms with van der Waals surface area (Å²) in [5.41, 5.74) is 0. The van der Waals surface area contributed by atoms with E-state index in [2.05, 4.69) is 31.0 Å². The van der Waals surface area contributed by atoms with Crippen LogP contribution in [0.1, 0.15) is 33.6 Å². The number of likely N-dealkylation sites (tertiary alicyclic amines) is 1. The maximum absolute atomic E-state index is 9.60. The van der Waals surface area contributed by atoms with Crippen LogP contribution in [0.5, 0.6) is 0 Å². The first-order chi connectivity index (χ1) is 7.09. The van der Waals surface area contributed by atoms with E-state index in [9.17, 15) is 5.11 Å². The van der Waals surface area contributed by atoms with Gasteiger partial charge in [0.15, 0.2) is 0 Å². The Kier molecular flexibility index (Phi) is 5.58. The van der Waals surface area contributed by atoms with Gasteiger partial charge >= 0.3 is 0 Å². The summed E-state index contributed by atoms with van der Waals surface area (Å²) >= 11 is 0. The molecule has 0 amide bonds. The molecule has 1 rings (SSSR count). The fourth-order valence-corrected chi connectivity index (χ4v) is 2.12. The number of hydrogen-bond acceptors (Lipinski definition) is 3. The average Bonchev–Trinajstić information content (AvgIpc) is 2.18. The van der Waals surface area contributed by atoms with E-state index in [-0.39, 0.29) is 6.10 Å². The molecule has 1 aliphatic heterocycles. The third-order valence-corrected chi connectivity index (χ3v) is 3.15. The summed E-state index contributed by atoms with van der Waals surface area (Å²) in [5.74, 6) is 0.441. The Morgan fingerprint density at radius 2 is 2.20 bits per heavy atom. The van der Waals surface area contributed by atoms with Crippen molar-refractivity contribution < 1.29 is 5.11 Å². The number of rotatable bonds is 5. The summed E-state index contributed by atoms with van der Waals surface area (Å²) in [7, 11) is 0. The summed E-state index contributed by atoms with van der Waals surface area (Å²) in [6.07, 6.45) is 2.08. The maximum atomic E-state index is 9.60. The highest BCUT2D eigenvalue weighted by Gasteiger charge is 2.23. The molecule has 15 heavy (non-hydrogen) atoms. The van der Waals surface area contributed by atoms with Crippen LogP contribution in [-0.4, -0.2) is 48.3 Å². The van der Waals surface area contributed by atoms with Crippen LogP contribution in [0.3, 0.4) is 0 Å². The Morgan fingerprint density at radius 1 is 1.47 bits per heavy atom. The molecule has 0 aliphatic carbocycles. The van der Waals surface area contributed by atoms with Crippen LogP contribution in [0.2, 0.25) is 0 Å². The molecule has 1 fully saturated rings. The Morgan fingerprint density at radius 3 is 2.80 bits per heavy atom. The lowest BCUT2D eigenvalue weighted by molar-refractivity contribution is 0.0347. The first kappa shape index (κ1) is 12.9.